The fourth-order valence-electron chi connectivity index (χ4n) is 4.69. The Labute approximate surface area is 182 Å². The molecule has 1 aromatic heterocycles. The quantitative estimate of drug-likeness (QED) is 0.428. The molecular weight excluding hydrogens is 416 g/mol. The lowest BCUT2D eigenvalue weighted by atomic mass is 9.87. The lowest BCUT2D eigenvalue weighted by Crippen LogP contribution is -2.54. The number of carbonyl (C=O) groups excluding carboxylic acids is 4. The summed E-state index contributed by atoms with van der Waals surface area (Å²) in [5, 5.41) is 23.5. The molecule has 12 nitrogen and oxygen atoms in total. The number of benzene rings is 1. The smallest absolute Gasteiger partial charge is 0.262 e. The minimum absolute atomic E-state index is 0.0828. The second-order valence-corrected chi connectivity index (χ2v) is 8.21. The summed E-state index contributed by atoms with van der Waals surface area (Å²) in [6, 6.07) is 4.11. The van der Waals surface area contributed by atoms with Crippen molar-refractivity contribution in [2.24, 2.45) is 0 Å². The monoisotopic (exact) mass is 438 g/mol. The normalized spacial score (nSPS) is 22.8. The highest BCUT2D eigenvalue weighted by Crippen LogP contribution is 2.32. The molecule has 0 aliphatic carbocycles. The van der Waals surface area contributed by atoms with Crippen molar-refractivity contribution in [3.05, 3.63) is 40.7 Å². The number of hydrogen-bond donors (Lipinski definition) is 4. The molecule has 1 aromatic carbocycles. The third kappa shape index (κ3) is 3.28. The first-order valence-corrected chi connectivity index (χ1v) is 10.5. The lowest BCUT2D eigenvalue weighted by Gasteiger charge is -2.36. The number of hydrogen-bond acceptors (Lipinski definition) is 9. The first kappa shape index (κ1) is 20.4. The number of tetrazole rings is 1. The zero-order chi connectivity index (χ0) is 22.3. The molecule has 3 aliphatic rings. The number of nitrogens with zero attached hydrogens (tertiary/aromatic N) is 4. The highest BCUT2D eigenvalue weighted by Gasteiger charge is 2.46. The minimum Gasteiger partial charge on any atom is -0.317 e. The molecule has 3 aliphatic heterocycles. The van der Waals surface area contributed by atoms with E-state index in [4.69, 9.17) is 0 Å². The van der Waals surface area contributed by atoms with E-state index in [1.807, 2.05) is 0 Å². The van der Waals surface area contributed by atoms with Gasteiger partial charge in [-0.15, -0.1) is 10.2 Å². The van der Waals surface area contributed by atoms with Crippen LogP contribution in [0.15, 0.2) is 18.2 Å². The van der Waals surface area contributed by atoms with Gasteiger partial charge in [-0.2, -0.15) is 5.21 Å². The highest BCUT2D eigenvalue weighted by molar-refractivity contribution is 6.24. The zero-order valence-corrected chi connectivity index (χ0v) is 17.2. The molecule has 1 unspecified atom stereocenters. The largest absolute Gasteiger partial charge is 0.317 e. The Hall–Kier alpha value is -3.51. The van der Waals surface area contributed by atoms with Crippen LogP contribution in [0, 0.1) is 0 Å². The van der Waals surface area contributed by atoms with Crippen molar-refractivity contribution in [2.45, 2.75) is 43.8 Å². The fraction of sp³-hybridized carbons (Fsp3) is 0.450. The number of nitrogens with one attached hydrogen (secondary N) is 4. The van der Waals surface area contributed by atoms with Gasteiger partial charge in [0.1, 0.15) is 6.04 Å². The van der Waals surface area contributed by atoms with Crippen LogP contribution in [0.4, 0.5) is 0 Å². The Bertz CT molecular complexity index is 1090. The molecular formula is C20H22N8O4. The lowest BCUT2D eigenvalue weighted by molar-refractivity contribution is -0.136. The number of amides is 4. The summed E-state index contributed by atoms with van der Waals surface area (Å²) in [7, 11) is 0. The van der Waals surface area contributed by atoms with Crippen molar-refractivity contribution in [3.8, 4) is 0 Å². The van der Waals surface area contributed by atoms with Crippen molar-refractivity contribution >= 4 is 23.6 Å². The Morgan fingerprint density at radius 1 is 1.12 bits per heavy atom. The van der Waals surface area contributed by atoms with E-state index < -0.39 is 35.2 Å². The van der Waals surface area contributed by atoms with Crippen LogP contribution in [0.5, 0.6) is 0 Å². The molecule has 166 valence electrons. The van der Waals surface area contributed by atoms with E-state index in [9.17, 15) is 19.2 Å². The topological polar surface area (TPSA) is 162 Å². The average molecular weight is 438 g/mol. The van der Waals surface area contributed by atoms with Gasteiger partial charge in [-0.1, -0.05) is 17.3 Å². The Balaban J connectivity index is 1.42. The molecule has 2 saturated heterocycles. The standard InChI is InChI=1S/C20H22N8O4/c29-14-5-4-13(16(30)23-14)28-17(31)12-3-1-2-11(15(12)18(28)32)10-22-20(6-8-21-9-7-20)19-24-26-27-25-19/h1-3,13,21-22H,4-10H2,(H,23,29,30)(H,24,25,26,27). The number of piperidine rings is 2. The molecule has 0 bridgehead atoms. The van der Waals surface area contributed by atoms with Gasteiger partial charge < -0.3 is 10.6 Å². The molecule has 2 aromatic rings. The second-order valence-electron chi connectivity index (χ2n) is 8.21. The van der Waals surface area contributed by atoms with Gasteiger partial charge in [0.25, 0.3) is 11.8 Å². The summed E-state index contributed by atoms with van der Waals surface area (Å²) >= 11 is 0. The van der Waals surface area contributed by atoms with Gasteiger partial charge >= 0.3 is 0 Å². The number of H-pyrrole nitrogens is 1. The van der Waals surface area contributed by atoms with Gasteiger partial charge in [0, 0.05) is 13.0 Å². The van der Waals surface area contributed by atoms with Crippen LogP contribution in [-0.4, -0.2) is 68.3 Å². The fourth-order valence-corrected chi connectivity index (χ4v) is 4.69. The second kappa shape index (κ2) is 7.88. The van der Waals surface area contributed by atoms with E-state index >= 15 is 0 Å². The van der Waals surface area contributed by atoms with Crippen molar-refractivity contribution < 1.29 is 19.2 Å². The third-order valence-electron chi connectivity index (χ3n) is 6.40. The van der Waals surface area contributed by atoms with Crippen molar-refractivity contribution in [2.75, 3.05) is 13.1 Å². The maximum absolute atomic E-state index is 13.3. The molecule has 2 fully saturated rings. The Kier molecular flexibility index (Phi) is 5.02. The minimum atomic E-state index is -0.990. The summed E-state index contributed by atoms with van der Waals surface area (Å²) in [5.41, 5.74) is 0.678. The molecule has 0 spiro atoms. The van der Waals surface area contributed by atoms with Gasteiger partial charge in [-0.05, 0) is 44.0 Å². The van der Waals surface area contributed by atoms with Gasteiger partial charge in [-0.3, -0.25) is 29.4 Å². The first-order chi connectivity index (χ1) is 15.5. The van der Waals surface area contributed by atoms with E-state index in [-0.39, 0.29) is 24.0 Å². The molecule has 0 radical (unpaired) electrons. The molecule has 32 heavy (non-hydrogen) atoms. The van der Waals surface area contributed by atoms with Crippen LogP contribution in [0.3, 0.4) is 0 Å². The Morgan fingerprint density at radius 3 is 2.66 bits per heavy atom. The van der Waals surface area contributed by atoms with Gasteiger partial charge in [0.15, 0.2) is 5.82 Å². The molecule has 4 heterocycles. The molecule has 5 rings (SSSR count). The van der Waals surface area contributed by atoms with Crippen molar-refractivity contribution in [1.82, 2.24) is 41.5 Å². The zero-order valence-electron chi connectivity index (χ0n) is 17.2. The summed E-state index contributed by atoms with van der Waals surface area (Å²) in [4.78, 5) is 51.1. The van der Waals surface area contributed by atoms with Crippen LogP contribution < -0.4 is 16.0 Å². The number of fused-ring (bicyclic) bond motifs is 1. The van der Waals surface area contributed by atoms with E-state index in [1.165, 1.54) is 0 Å². The average Bonchev–Trinajstić information content (AvgIpc) is 3.42. The van der Waals surface area contributed by atoms with Crippen LogP contribution in [-0.2, 0) is 21.7 Å². The molecule has 4 amide bonds. The SMILES string of the molecule is O=C1CCC(N2C(=O)c3cccc(CNC4(c5nn[nH]n5)CCNCC4)c3C2=O)C(=O)N1. The highest BCUT2D eigenvalue weighted by atomic mass is 16.2. The number of aromatic amines is 1. The maximum atomic E-state index is 13.3. The maximum Gasteiger partial charge on any atom is 0.262 e. The van der Waals surface area contributed by atoms with E-state index in [2.05, 4.69) is 36.6 Å². The van der Waals surface area contributed by atoms with Gasteiger partial charge in [0.2, 0.25) is 11.8 Å². The number of carbonyl (C=O) groups is 4. The summed E-state index contributed by atoms with van der Waals surface area (Å²) in [6.07, 6.45) is 1.67. The van der Waals surface area contributed by atoms with Crippen molar-refractivity contribution in [3.63, 3.8) is 0 Å². The van der Waals surface area contributed by atoms with Crippen molar-refractivity contribution in [1.29, 1.82) is 0 Å². The predicted molar refractivity (Wildman–Crippen MR) is 108 cm³/mol. The number of imide groups is 2. The summed E-state index contributed by atoms with van der Waals surface area (Å²) in [6.45, 7) is 1.85. The number of aromatic nitrogens is 4. The first-order valence-electron chi connectivity index (χ1n) is 10.5. The van der Waals surface area contributed by atoms with E-state index in [0.29, 0.717) is 17.9 Å². The van der Waals surface area contributed by atoms with Crippen LogP contribution >= 0.6 is 0 Å². The van der Waals surface area contributed by atoms with E-state index in [1.54, 1.807) is 18.2 Å². The van der Waals surface area contributed by atoms with Gasteiger partial charge in [-0.25, -0.2) is 0 Å². The molecule has 12 heteroatoms. The molecule has 1 atom stereocenters. The van der Waals surface area contributed by atoms with Crippen LogP contribution in [0.1, 0.15) is 57.8 Å². The predicted octanol–water partition coefficient (Wildman–Crippen LogP) is -1.03. The van der Waals surface area contributed by atoms with Crippen LogP contribution in [0.25, 0.3) is 0 Å². The molecule has 4 N–H and O–H groups in total. The van der Waals surface area contributed by atoms with Gasteiger partial charge in [0.05, 0.1) is 16.7 Å². The summed E-state index contributed by atoms with van der Waals surface area (Å²) < 4.78 is 0. The Morgan fingerprint density at radius 2 is 1.94 bits per heavy atom. The number of rotatable bonds is 5. The summed E-state index contributed by atoms with van der Waals surface area (Å²) in [5.74, 6) is -1.51. The third-order valence-corrected chi connectivity index (χ3v) is 6.40. The molecule has 0 saturated carbocycles. The van der Waals surface area contributed by atoms with E-state index in [0.717, 1.165) is 30.8 Å². The van der Waals surface area contributed by atoms with Crippen LogP contribution in [0.2, 0.25) is 0 Å².